The largest absolute Gasteiger partial charge is 0.493 e. The zero-order valence-electron chi connectivity index (χ0n) is 21.0. The van der Waals surface area contributed by atoms with Crippen LogP contribution in [0.2, 0.25) is 0 Å². The van der Waals surface area contributed by atoms with Gasteiger partial charge in [0.2, 0.25) is 5.91 Å². The Balaban J connectivity index is 1.28. The topological polar surface area (TPSA) is 76.2 Å². The van der Waals surface area contributed by atoms with Gasteiger partial charge in [-0.2, -0.15) is 0 Å². The van der Waals surface area contributed by atoms with Gasteiger partial charge in [0.25, 0.3) is 11.1 Å². The first-order chi connectivity index (χ1) is 18.8. The second kappa shape index (κ2) is 11.6. The predicted molar refractivity (Wildman–Crippen MR) is 150 cm³/mol. The minimum absolute atomic E-state index is 0.00347. The Labute approximate surface area is 237 Å². The molecule has 3 aromatic carbocycles. The van der Waals surface area contributed by atoms with Crippen LogP contribution in [0.5, 0.6) is 11.5 Å². The molecular formula is C29H24BrFN2O5S. The van der Waals surface area contributed by atoms with Crippen LogP contribution in [0.25, 0.3) is 6.08 Å². The van der Waals surface area contributed by atoms with Gasteiger partial charge in [0, 0.05) is 18.7 Å². The second-order valence-electron chi connectivity index (χ2n) is 9.02. The molecule has 0 N–H and O–H groups in total. The highest BCUT2D eigenvalue weighted by molar-refractivity contribution is 9.10. The third kappa shape index (κ3) is 5.86. The summed E-state index contributed by atoms with van der Waals surface area (Å²) >= 11 is 4.25. The Morgan fingerprint density at radius 1 is 1.10 bits per heavy atom. The van der Waals surface area contributed by atoms with Gasteiger partial charge in [-0.15, -0.1) is 0 Å². The molecule has 3 amide bonds. The fourth-order valence-electron chi connectivity index (χ4n) is 4.46. The number of hydrogen-bond acceptors (Lipinski definition) is 6. The van der Waals surface area contributed by atoms with Crippen molar-refractivity contribution in [2.45, 2.75) is 19.6 Å². The summed E-state index contributed by atoms with van der Waals surface area (Å²) in [5, 5.41) is -0.493. The second-order valence-corrected chi connectivity index (χ2v) is 10.9. The van der Waals surface area contributed by atoms with Gasteiger partial charge in [0.1, 0.15) is 19.0 Å². The van der Waals surface area contributed by atoms with E-state index >= 15 is 0 Å². The number of imide groups is 1. The zero-order chi connectivity index (χ0) is 27.5. The van der Waals surface area contributed by atoms with E-state index in [0.29, 0.717) is 40.2 Å². The monoisotopic (exact) mass is 610 g/mol. The summed E-state index contributed by atoms with van der Waals surface area (Å²) in [4.78, 5) is 41.6. The molecule has 0 atom stereocenters. The molecule has 2 aliphatic heterocycles. The quantitative estimate of drug-likeness (QED) is 0.315. The molecule has 5 rings (SSSR count). The number of fused-ring (bicyclic) bond motifs is 1. The molecule has 3 aromatic rings. The number of hydrogen-bond donors (Lipinski definition) is 0. The van der Waals surface area contributed by atoms with Crippen LogP contribution in [-0.2, 0) is 29.2 Å². The van der Waals surface area contributed by atoms with E-state index in [1.54, 1.807) is 41.3 Å². The third-order valence-electron chi connectivity index (χ3n) is 6.53. The number of thioether (sulfide) groups is 1. The zero-order valence-corrected chi connectivity index (χ0v) is 23.4. The number of carbonyl (C=O) groups excluding carboxylic acids is 3. The first-order valence-corrected chi connectivity index (χ1v) is 13.8. The number of rotatable bonds is 7. The Bertz CT molecular complexity index is 1490. The molecule has 39 heavy (non-hydrogen) atoms. The van der Waals surface area contributed by atoms with Crippen molar-refractivity contribution >= 4 is 50.8 Å². The molecule has 200 valence electrons. The summed E-state index contributed by atoms with van der Waals surface area (Å²) in [7, 11) is 1.47. The highest BCUT2D eigenvalue weighted by Gasteiger charge is 2.37. The average molecular weight is 611 g/mol. The van der Waals surface area contributed by atoms with Gasteiger partial charge in [-0.3, -0.25) is 19.3 Å². The van der Waals surface area contributed by atoms with Crippen molar-refractivity contribution in [3.8, 4) is 11.5 Å². The molecule has 2 heterocycles. The molecular weight excluding hydrogens is 587 g/mol. The molecule has 0 aromatic heterocycles. The van der Waals surface area contributed by atoms with Crippen LogP contribution >= 0.6 is 27.7 Å². The van der Waals surface area contributed by atoms with E-state index in [4.69, 9.17) is 9.47 Å². The van der Waals surface area contributed by atoms with Crippen molar-refractivity contribution in [2.24, 2.45) is 0 Å². The normalized spacial score (nSPS) is 16.0. The fourth-order valence-corrected chi connectivity index (χ4v) is 5.87. The van der Waals surface area contributed by atoms with Crippen LogP contribution in [0.15, 0.2) is 70.0 Å². The van der Waals surface area contributed by atoms with Crippen LogP contribution < -0.4 is 9.47 Å². The summed E-state index contributed by atoms with van der Waals surface area (Å²) < 4.78 is 25.8. The predicted octanol–water partition coefficient (Wildman–Crippen LogP) is 5.80. The Hall–Kier alpha value is -3.63. The highest BCUT2D eigenvalue weighted by Crippen LogP contribution is 2.39. The molecule has 0 aliphatic carbocycles. The lowest BCUT2D eigenvalue weighted by atomic mass is 10.00. The molecule has 1 saturated heterocycles. The van der Waals surface area contributed by atoms with Crippen LogP contribution in [-0.4, -0.2) is 47.1 Å². The summed E-state index contributed by atoms with van der Waals surface area (Å²) in [6, 6.07) is 17.6. The van der Waals surface area contributed by atoms with Crippen LogP contribution in [0.4, 0.5) is 9.18 Å². The van der Waals surface area contributed by atoms with Gasteiger partial charge in [-0.1, -0.05) is 42.5 Å². The maximum absolute atomic E-state index is 14.0. The van der Waals surface area contributed by atoms with Gasteiger partial charge >= 0.3 is 0 Å². The van der Waals surface area contributed by atoms with Crippen molar-refractivity contribution in [2.75, 3.05) is 20.2 Å². The van der Waals surface area contributed by atoms with Gasteiger partial charge < -0.3 is 14.4 Å². The number of ether oxygens (including phenoxy) is 2. The van der Waals surface area contributed by atoms with Crippen molar-refractivity contribution in [1.29, 1.82) is 0 Å². The Morgan fingerprint density at radius 3 is 2.62 bits per heavy atom. The minimum Gasteiger partial charge on any atom is -0.493 e. The first-order valence-electron chi connectivity index (χ1n) is 12.2. The lowest BCUT2D eigenvalue weighted by Crippen LogP contribution is -2.44. The lowest BCUT2D eigenvalue weighted by molar-refractivity contribution is -0.136. The van der Waals surface area contributed by atoms with E-state index in [9.17, 15) is 18.8 Å². The van der Waals surface area contributed by atoms with Crippen molar-refractivity contribution < 1.29 is 28.2 Å². The number of carbonyl (C=O) groups is 3. The van der Waals surface area contributed by atoms with E-state index in [-0.39, 0.29) is 29.8 Å². The standard InChI is InChI=1S/C29H24BrFN2O5S/c1-37-24-13-18(12-22(30)27(24)38-17-21-8-4-5-9-23(21)31)14-25-28(35)33(29(36)39-25)16-26(34)32-11-10-19-6-2-3-7-20(19)15-32/h2-9,12-14H,10-11,15-17H2,1H3/b25-14-. The van der Waals surface area contributed by atoms with E-state index in [1.165, 1.54) is 18.7 Å². The summed E-state index contributed by atoms with van der Waals surface area (Å²) in [5.74, 6) is -0.422. The molecule has 0 unspecified atom stereocenters. The maximum Gasteiger partial charge on any atom is 0.294 e. The Morgan fingerprint density at radius 2 is 1.85 bits per heavy atom. The Kier molecular flexibility index (Phi) is 8.04. The highest BCUT2D eigenvalue weighted by atomic mass is 79.9. The van der Waals surface area contributed by atoms with E-state index in [2.05, 4.69) is 15.9 Å². The van der Waals surface area contributed by atoms with E-state index in [1.807, 2.05) is 24.3 Å². The molecule has 1 fully saturated rings. The summed E-state index contributed by atoms with van der Waals surface area (Å²) in [6.07, 6.45) is 2.31. The van der Waals surface area contributed by atoms with Crippen molar-refractivity contribution in [3.63, 3.8) is 0 Å². The number of nitrogens with zero attached hydrogens (tertiary/aromatic N) is 2. The molecule has 0 saturated carbocycles. The van der Waals surface area contributed by atoms with Gasteiger partial charge in [-0.25, -0.2) is 4.39 Å². The summed E-state index contributed by atoms with van der Waals surface area (Å²) in [6.45, 7) is 0.692. The van der Waals surface area contributed by atoms with Crippen LogP contribution in [0.3, 0.4) is 0 Å². The van der Waals surface area contributed by atoms with Crippen molar-refractivity contribution in [3.05, 3.63) is 98.1 Å². The molecule has 0 bridgehead atoms. The van der Waals surface area contributed by atoms with Crippen LogP contribution in [0, 0.1) is 5.82 Å². The molecule has 0 radical (unpaired) electrons. The first kappa shape index (κ1) is 27.0. The van der Waals surface area contributed by atoms with Gasteiger partial charge in [-0.05, 0) is 75.1 Å². The van der Waals surface area contributed by atoms with Crippen LogP contribution in [0.1, 0.15) is 22.3 Å². The number of methoxy groups -OCH3 is 1. The van der Waals surface area contributed by atoms with E-state index in [0.717, 1.165) is 28.6 Å². The maximum atomic E-state index is 14.0. The molecule has 0 spiro atoms. The average Bonchev–Trinajstić information content (AvgIpc) is 3.19. The summed E-state index contributed by atoms with van der Waals surface area (Å²) in [5.41, 5.74) is 3.27. The van der Waals surface area contributed by atoms with Gasteiger partial charge in [0.15, 0.2) is 11.5 Å². The smallest absolute Gasteiger partial charge is 0.294 e. The molecule has 7 nitrogen and oxygen atoms in total. The third-order valence-corrected chi connectivity index (χ3v) is 8.03. The molecule has 10 heteroatoms. The lowest BCUT2D eigenvalue weighted by Gasteiger charge is -2.29. The van der Waals surface area contributed by atoms with Gasteiger partial charge in [0.05, 0.1) is 16.5 Å². The SMILES string of the molecule is COc1cc(/C=C2\SC(=O)N(CC(=O)N3CCc4ccccc4C3)C2=O)cc(Br)c1OCc1ccccc1F. The number of benzene rings is 3. The minimum atomic E-state index is -0.522. The fraction of sp³-hybridized carbons (Fsp3) is 0.207. The molecule has 2 aliphatic rings. The number of halogens is 2. The number of amides is 3. The van der Waals surface area contributed by atoms with E-state index < -0.39 is 11.1 Å². The van der Waals surface area contributed by atoms with Crippen molar-refractivity contribution in [1.82, 2.24) is 9.80 Å².